The first kappa shape index (κ1) is 14.5. The van der Waals surface area contributed by atoms with E-state index < -0.39 is 0 Å². The molecule has 2 saturated heterocycles. The van der Waals surface area contributed by atoms with Crippen molar-refractivity contribution in [2.45, 2.75) is 19.8 Å². The third kappa shape index (κ3) is 3.11. The largest absolute Gasteiger partial charge is 0.396 e. The van der Waals surface area contributed by atoms with Crippen LogP contribution in [-0.4, -0.2) is 65.3 Å². The topological polar surface area (TPSA) is 69.8 Å². The van der Waals surface area contributed by atoms with Gasteiger partial charge in [-0.25, -0.2) is 0 Å². The number of carbonyl (C=O) groups is 1. The lowest BCUT2D eigenvalue weighted by Crippen LogP contribution is -2.32. The van der Waals surface area contributed by atoms with Gasteiger partial charge in [-0.1, -0.05) is 5.16 Å². The molecule has 3 rings (SSSR count). The molecule has 2 aliphatic heterocycles. The van der Waals surface area contributed by atoms with E-state index in [0.717, 1.165) is 19.6 Å². The Bertz CT molecular complexity index is 496. The van der Waals surface area contributed by atoms with Gasteiger partial charge in [-0.15, -0.1) is 0 Å². The van der Waals surface area contributed by atoms with E-state index in [0.29, 0.717) is 30.5 Å². The van der Waals surface area contributed by atoms with E-state index in [1.54, 1.807) is 17.9 Å². The highest BCUT2D eigenvalue weighted by molar-refractivity contribution is 5.91. The van der Waals surface area contributed by atoms with Crippen molar-refractivity contribution in [3.8, 4) is 0 Å². The minimum absolute atomic E-state index is 0.113. The second kappa shape index (κ2) is 6.15. The first-order chi connectivity index (χ1) is 10.2. The zero-order valence-corrected chi connectivity index (χ0v) is 12.5. The maximum absolute atomic E-state index is 12.4. The zero-order valence-electron chi connectivity index (χ0n) is 12.5. The molecule has 6 heteroatoms. The standard InChI is InChI=1S/C15H23N3O3/c1-11-6-14(21-16-11)15(20)18-8-12(13(9-18)10-19)7-17-4-2-3-5-17/h6,12-13,19H,2-5,7-10H2,1H3/t12-,13-/m1/s1. The van der Waals surface area contributed by atoms with Crippen LogP contribution in [0.5, 0.6) is 0 Å². The molecule has 0 aromatic carbocycles. The Kier molecular flexibility index (Phi) is 4.26. The Labute approximate surface area is 124 Å². The second-order valence-electron chi connectivity index (χ2n) is 6.25. The quantitative estimate of drug-likeness (QED) is 0.887. The maximum atomic E-state index is 12.4. The maximum Gasteiger partial charge on any atom is 0.292 e. The van der Waals surface area contributed by atoms with E-state index in [4.69, 9.17) is 4.52 Å². The van der Waals surface area contributed by atoms with Crippen LogP contribution >= 0.6 is 0 Å². The molecular formula is C15H23N3O3. The molecule has 0 radical (unpaired) electrons. The van der Waals surface area contributed by atoms with E-state index in [9.17, 15) is 9.90 Å². The third-order valence-electron chi connectivity index (χ3n) is 4.63. The molecule has 0 spiro atoms. The summed E-state index contributed by atoms with van der Waals surface area (Å²) in [5.41, 5.74) is 0.713. The molecule has 3 heterocycles. The Morgan fingerprint density at radius 1 is 1.38 bits per heavy atom. The summed E-state index contributed by atoms with van der Waals surface area (Å²) in [6, 6.07) is 1.67. The molecular weight excluding hydrogens is 270 g/mol. The van der Waals surface area contributed by atoms with Crippen molar-refractivity contribution >= 4 is 5.91 Å². The normalized spacial score (nSPS) is 26.7. The van der Waals surface area contributed by atoms with Crippen LogP contribution in [0.15, 0.2) is 10.6 Å². The van der Waals surface area contributed by atoms with Crippen LogP contribution in [0.4, 0.5) is 0 Å². The van der Waals surface area contributed by atoms with Crippen LogP contribution < -0.4 is 0 Å². The fourth-order valence-corrected chi connectivity index (χ4v) is 3.44. The number of aryl methyl sites for hydroxylation is 1. The van der Waals surface area contributed by atoms with Crippen LogP contribution in [0.1, 0.15) is 29.1 Å². The number of hydrogen-bond acceptors (Lipinski definition) is 5. The van der Waals surface area contributed by atoms with Crippen molar-refractivity contribution in [2.24, 2.45) is 11.8 Å². The lowest BCUT2D eigenvalue weighted by Gasteiger charge is -2.22. The highest BCUT2D eigenvalue weighted by Gasteiger charge is 2.37. The summed E-state index contributed by atoms with van der Waals surface area (Å²) >= 11 is 0. The molecule has 0 aliphatic carbocycles. The first-order valence-electron chi connectivity index (χ1n) is 7.73. The van der Waals surface area contributed by atoms with Gasteiger partial charge < -0.3 is 19.4 Å². The minimum atomic E-state index is -0.113. The number of amides is 1. The number of aliphatic hydroxyl groups is 1. The van der Waals surface area contributed by atoms with Crippen molar-refractivity contribution in [1.82, 2.24) is 15.0 Å². The molecule has 21 heavy (non-hydrogen) atoms. The number of rotatable bonds is 4. The highest BCUT2D eigenvalue weighted by Crippen LogP contribution is 2.26. The molecule has 1 aromatic rings. The summed E-state index contributed by atoms with van der Waals surface area (Å²) in [7, 11) is 0. The van der Waals surface area contributed by atoms with Gasteiger partial charge in [0.2, 0.25) is 5.76 Å². The van der Waals surface area contributed by atoms with Gasteiger partial charge in [-0.05, 0) is 38.8 Å². The molecule has 0 bridgehead atoms. The number of aliphatic hydroxyl groups excluding tert-OH is 1. The van der Waals surface area contributed by atoms with Crippen molar-refractivity contribution in [1.29, 1.82) is 0 Å². The van der Waals surface area contributed by atoms with E-state index >= 15 is 0 Å². The van der Waals surface area contributed by atoms with E-state index in [1.807, 2.05) is 0 Å². The van der Waals surface area contributed by atoms with Crippen molar-refractivity contribution in [3.05, 3.63) is 17.5 Å². The molecule has 2 fully saturated rings. The van der Waals surface area contributed by atoms with Crippen LogP contribution in [0.3, 0.4) is 0 Å². The summed E-state index contributed by atoms with van der Waals surface area (Å²) in [5.74, 6) is 0.698. The number of aromatic nitrogens is 1. The van der Waals surface area contributed by atoms with Gasteiger partial charge in [0.15, 0.2) is 0 Å². The predicted octanol–water partition coefficient (Wildman–Crippen LogP) is 0.759. The average molecular weight is 293 g/mol. The highest BCUT2D eigenvalue weighted by atomic mass is 16.5. The number of likely N-dealkylation sites (tertiary alicyclic amines) is 2. The Balaban J connectivity index is 1.64. The molecule has 2 aliphatic rings. The lowest BCUT2D eigenvalue weighted by molar-refractivity contribution is 0.0737. The SMILES string of the molecule is Cc1cc(C(=O)N2C[C@@H](CN3CCCC3)[C@@H](CO)C2)on1. The molecule has 1 N–H and O–H groups in total. The van der Waals surface area contributed by atoms with Gasteiger partial charge in [-0.2, -0.15) is 0 Å². The Hall–Kier alpha value is -1.40. The summed E-state index contributed by atoms with van der Waals surface area (Å²) < 4.78 is 5.06. The van der Waals surface area contributed by atoms with Gasteiger partial charge >= 0.3 is 0 Å². The van der Waals surface area contributed by atoms with Gasteiger partial charge in [0.1, 0.15) is 0 Å². The van der Waals surface area contributed by atoms with Crippen LogP contribution in [0, 0.1) is 18.8 Å². The monoisotopic (exact) mass is 293 g/mol. The molecule has 0 saturated carbocycles. The Morgan fingerprint density at radius 3 is 2.71 bits per heavy atom. The van der Waals surface area contributed by atoms with Crippen molar-refractivity contribution < 1.29 is 14.4 Å². The summed E-state index contributed by atoms with van der Waals surface area (Å²) in [4.78, 5) is 16.6. The first-order valence-corrected chi connectivity index (χ1v) is 7.73. The van der Waals surface area contributed by atoms with Crippen molar-refractivity contribution in [3.63, 3.8) is 0 Å². The molecule has 6 nitrogen and oxygen atoms in total. The van der Waals surface area contributed by atoms with Gasteiger partial charge in [-0.3, -0.25) is 4.79 Å². The zero-order chi connectivity index (χ0) is 14.8. The van der Waals surface area contributed by atoms with E-state index in [1.165, 1.54) is 12.8 Å². The number of nitrogens with zero attached hydrogens (tertiary/aromatic N) is 3. The van der Waals surface area contributed by atoms with E-state index in [2.05, 4.69) is 10.1 Å². The minimum Gasteiger partial charge on any atom is -0.396 e. The fourth-order valence-electron chi connectivity index (χ4n) is 3.44. The molecule has 2 atom stereocenters. The number of hydrogen-bond donors (Lipinski definition) is 1. The van der Waals surface area contributed by atoms with Gasteiger partial charge in [0.25, 0.3) is 5.91 Å². The van der Waals surface area contributed by atoms with Crippen LogP contribution in [-0.2, 0) is 0 Å². The summed E-state index contributed by atoms with van der Waals surface area (Å²) in [6.45, 7) is 6.50. The Morgan fingerprint density at radius 2 is 2.10 bits per heavy atom. The van der Waals surface area contributed by atoms with Crippen LogP contribution in [0.2, 0.25) is 0 Å². The molecule has 1 amide bonds. The van der Waals surface area contributed by atoms with Crippen LogP contribution in [0.25, 0.3) is 0 Å². The van der Waals surface area contributed by atoms with Gasteiger partial charge in [0.05, 0.1) is 5.69 Å². The summed E-state index contributed by atoms with van der Waals surface area (Å²) in [6.07, 6.45) is 2.52. The second-order valence-corrected chi connectivity index (χ2v) is 6.25. The molecule has 1 aromatic heterocycles. The number of carbonyl (C=O) groups excluding carboxylic acids is 1. The predicted molar refractivity (Wildman–Crippen MR) is 76.9 cm³/mol. The third-order valence-corrected chi connectivity index (χ3v) is 4.63. The van der Waals surface area contributed by atoms with E-state index in [-0.39, 0.29) is 18.4 Å². The molecule has 0 unspecified atom stereocenters. The smallest absolute Gasteiger partial charge is 0.292 e. The van der Waals surface area contributed by atoms with Crippen molar-refractivity contribution in [2.75, 3.05) is 39.3 Å². The van der Waals surface area contributed by atoms with Gasteiger partial charge in [0, 0.05) is 38.2 Å². The lowest BCUT2D eigenvalue weighted by atomic mass is 9.96. The molecule has 116 valence electrons. The average Bonchev–Trinajstić information content (AvgIpc) is 3.19. The fraction of sp³-hybridized carbons (Fsp3) is 0.733. The summed E-state index contributed by atoms with van der Waals surface area (Å²) in [5, 5.41) is 13.4.